The van der Waals surface area contributed by atoms with Crippen LogP contribution in [0.25, 0.3) is 0 Å². The fourth-order valence-electron chi connectivity index (χ4n) is 1.43. The number of nitrogens with two attached hydrogens (primary N) is 1. The summed E-state index contributed by atoms with van der Waals surface area (Å²) in [4.78, 5) is 5.62. The molecule has 1 heterocycles. The number of hydrogen-bond acceptors (Lipinski definition) is 4. The highest BCUT2D eigenvalue weighted by molar-refractivity contribution is 7.98. The number of benzene rings is 1. The van der Waals surface area contributed by atoms with E-state index in [9.17, 15) is 0 Å². The molecule has 2 aromatic rings. The van der Waals surface area contributed by atoms with Gasteiger partial charge < -0.3 is 5.43 Å². The number of aromatic nitrogens is 1. The van der Waals surface area contributed by atoms with E-state index >= 15 is 0 Å². The topological polar surface area (TPSA) is 50.9 Å². The summed E-state index contributed by atoms with van der Waals surface area (Å²) in [5.41, 5.74) is 4.85. The number of pyridine rings is 1. The largest absolute Gasteiger partial charge is 0.308 e. The van der Waals surface area contributed by atoms with Gasteiger partial charge in [-0.05, 0) is 31.2 Å². The fourth-order valence-corrected chi connectivity index (χ4v) is 2.24. The minimum atomic E-state index is 0.701. The predicted molar refractivity (Wildman–Crippen MR) is 72.8 cm³/mol. The van der Waals surface area contributed by atoms with E-state index in [4.69, 9.17) is 5.84 Å². The molecule has 0 aliphatic carbocycles. The molecule has 0 aliphatic rings. The molecule has 0 fully saturated rings. The lowest BCUT2D eigenvalue weighted by Gasteiger charge is -2.04. The maximum Gasteiger partial charge on any atom is 0.140 e. The number of aryl methyl sites for hydroxylation is 1. The van der Waals surface area contributed by atoms with Crippen LogP contribution in [0.2, 0.25) is 0 Å². The Morgan fingerprint density at radius 1 is 1.18 bits per heavy atom. The highest BCUT2D eigenvalue weighted by Gasteiger charge is 1.98. The lowest BCUT2D eigenvalue weighted by Crippen LogP contribution is -2.08. The average Bonchev–Trinajstić information content (AvgIpc) is 2.38. The summed E-state index contributed by atoms with van der Waals surface area (Å²) >= 11 is 1.77. The zero-order valence-electron chi connectivity index (χ0n) is 9.68. The van der Waals surface area contributed by atoms with Gasteiger partial charge in [0.2, 0.25) is 0 Å². The molecule has 88 valence electrons. The number of rotatable bonds is 4. The van der Waals surface area contributed by atoms with Gasteiger partial charge in [-0.1, -0.05) is 23.8 Å². The highest BCUT2D eigenvalue weighted by Crippen LogP contribution is 2.22. The number of nitrogens with zero attached hydrogens (tertiary/aromatic N) is 1. The molecule has 17 heavy (non-hydrogen) atoms. The molecule has 0 amide bonds. The van der Waals surface area contributed by atoms with Crippen molar-refractivity contribution in [3.8, 4) is 0 Å². The third kappa shape index (κ3) is 3.47. The van der Waals surface area contributed by atoms with Crippen molar-refractivity contribution in [2.75, 3.05) is 5.43 Å². The highest BCUT2D eigenvalue weighted by atomic mass is 32.2. The molecule has 0 saturated carbocycles. The molecule has 0 radical (unpaired) electrons. The van der Waals surface area contributed by atoms with Crippen molar-refractivity contribution in [2.45, 2.75) is 17.6 Å². The maximum absolute atomic E-state index is 5.32. The van der Waals surface area contributed by atoms with Crippen LogP contribution in [0.1, 0.15) is 11.3 Å². The standard InChI is InChI=1S/C13H15N3S/c1-10-5-7-12(8-6-10)17-9-11-3-2-4-13(15-11)16-14/h2-8H,9,14H2,1H3,(H,15,16). The van der Waals surface area contributed by atoms with Gasteiger partial charge in [0.15, 0.2) is 0 Å². The molecule has 3 N–H and O–H groups in total. The minimum Gasteiger partial charge on any atom is -0.308 e. The zero-order valence-corrected chi connectivity index (χ0v) is 10.5. The van der Waals surface area contributed by atoms with Gasteiger partial charge in [0.05, 0.1) is 5.69 Å². The van der Waals surface area contributed by atoms with Gasteiger partial charge >= 0.3 is 0 Å². The van der Waals surface area contributed by atoms with Gasteiger partial charge in [-0.25, -0.2) is 10.8 Å². The molecule has 1 aromatic carbocycles. The molecule has 0 atom stereocenters. The summed E-state index contributed by atoms with van der Waals surface area (Å²) in [5, 5.41) is 0. The summed E-state index contributed by atoms with van der Waals surface area (Å²) in [6, 6.07) is 14.3. The maximum atomic E-state index is 5.32. The molecule has 1 aromatic heterocycles. The van der Waals surface area contributed by atoms with Crippen molar-refractivity contribution in [1.29, 1.82) is 0 Å². The first-order valence-electron chi connectivity index (χ1n) is 5.40. The van der Waals surface area contributed by atoms with Crippen LogP contribution in [-0.2, 0) is 5.75 Å². The Bertz CT molecular complexity index is 482. The van der Waals surface area contributed by atoms with E-state index in [-0.39, 0.29) is 0 Å². The van der Waals surface area contributed by atoms with Crippen LogP contribution in [0.15, 0.2) is 47.4 Å². The second-order valence-corrected chi connectivity index (χ2v) is 4.81. The SMILES string of the molecule is Cc1ccc(SCc2cccc(NN)n2)cc1. The van der Waals surface area contributed by atoms with Crippen molar-refractivity contribution in [1.82, 2.24) is 4.98 Å². The normalized spacial score (nSPS) is 10.2. The number of thioether (sulfide) groups is 1. The van der Waals surface area contributed by atoms with Crippen LogP contribution in [0, 0.1) is 6.92 Å². The van der Waals surface area contributed by atoms with Crippen LogP contribution in [-0.4, -0.2) is 4.98 Å². The second kappa shape index (κ2) is 5.70. The summed E-state index contributed by atoms with van der Waals surface area (Å²) in [7, 11) is 0. The third-order valence-electron chi connectivity index (χ3n) is 2.36. The summed E-state index contributed by atoms with van der Waals surface area (Å²) < 4.78 is 0. The lowest BCUT2D eigenvalue weighted by molar-refractivity contribution is 1.14. The van der Waals surface area contributed by atoms with Crippen molar-refractivity contribution < 1.29 is 0 Å². The van der Waals surface area contributed by atoms with E-state index in [1.165, 1.54) is 10.5 Å². The first kappa shape index (κ1) is 12.0. The van der Waals surface area contributed by atoms with Crippen LogP contribution < -0.4 is 11.3 Å². The van der Waals surface area contributed by atoms with Crippen LogP contribution in [0.5, 0.6) is 0 Å². The second-order valence-electron chi connectivity index (χ2n) is 3.76. The Kier molecular flexibility index (Phi) is 4.01. The van der Waals surface area contributed by atoms with Crippen LogP contribution in [0.3, 0.4) is 0 Å². The number of hydrazine groups is 1. The van der Waals surface area contributed by atoms with Gasteiger partial charge in [0.25, 0.3) is 0 Å². The summed E-state index contributed by atoms with van der Waals surface area (Å²) in [6.07, 6.45) is 0. The van der Waals surface area contributed by atoms with Gasteiger partial charge in [0.1, 0.15) is 5.82 Å². The Balaban J connectivity index is 1.99. The zero-order chi connectivity index (χ0) is 12.1. The molecular weight excluding hydrogens is 230 g/mol. The summed E-state index contributed by atoms with van der Waals surface area (Å²) in [6.45, 7) is 2.09. The quantitative estimate of drug-likeness (QED) is 0.494. The fraction of sp³-hybridized carbons (Fsp3) is 0.154. The Labute approximate surface area is 105 Å². The first-order valence-corrected chi connectivity index (χ1v) is 6.38. The number of nitrogen functional groups attached to an aromatic ring is 1. The Morgan fingerprint density at radius 2 is 1.94 bits per heavy atom. The van der Waals surface area contributed by atoms with E-state index < -0.39 is 0 Å². The van der Waals surface area contributed by atoms with Crippen molar-refractivity contribution >= 4 is 17.6 Å². The lowest BCUT2D eigenvalue weighted by atomic mass is 10.2. The molecule has 0 aliphatic heterocycles. The van der Waals surface area contributed by atoms with E-state index in [0.717, 1.165) is 11.4 Å². The molecule has 0 saturated heterocycles. The molecule has 2 rings (SSSR count). The van der Waals surface area contributed by atoms with Crippen LogP contribution in [0.4, 0.5) is 5.82 Å². The van der Waals surface area contributed by atoms with Crippen molar-refractivity contribution in [2.24, 2.45) is 5.84 Å². The molecular formula is C13H15N3S. The van der Waals surface area contributed by atoms with Gasteiger partial charge in [0, 0.05) is 10.6 Å². The average molecular weight is 245 g/mol. The number of anilines is 1. The van der Waals surface area contributed by atoms with Gasteiger partial charge in [-0.2, -0.15) is 0 Å². The van der Waals surface area contributed by atoms with E-state index in [1.807, 2.05) is 18.2 Å². The van der Waals surface area contributed by atoms with Gasteiger partial charge in [-0.3, -0.25) is 0 Å². The minimum absolute atomic E-state index is 0.701. The molecule has 0 spiro atoms. The van der Waals surface area contributed by atoms with Crippen molar-refractivity contribution in [3.05, 3.63) is 53.7 Å². The molecule has 0 unspecified atom stereocenters. The van der Waals surface area contributed by atoms with E-state index in [1.54, 1.807) is 11.8 Å². The molecule has 3 nitrogen and oxygen atoms in total. The smallest absolute Gasteiger partial charge is 0.140 e. The monoisotopic (exact) mass is 245 g/mol. The Hall–Kier alpha value is -1.52. The van der Waals surface area contributed by atoms with E-state index in [0.29, 0.717) is 5.82 Å². The Morgan fingerprint density at radius 3 is 2.65 bits per heavy atom. The summed E-state index contributed by atoms with van der Waals surface area (Å²) in [5.74, 6) is 6.87. The first-order chi connectivity index (χ1) is 8.28. The number of hydrogen-bond donors (Lipinski definition) is 2. The van der Waals surface area contributed by atoms with Crippen molar-refractivity contribution in [3.63, 3.8) is 0 Å². The number of nitrogens with one attached hydrogen (secondary N) is 1. The molecule has 0 bridgehead atoms. The predicted octanol–water partition coefficient (Wildman–Crippen LogP) is 2.97. The van der Waals surface area contributed by atoms with Gasteiger partial charge in [-0.15, -0.1) is 11.8 Å². The van der Waals surface area contributed by atoms with Crippen LogP contribution >= 0.6 is 11.8 Å². The van der Waals surface area contributed by atoms with E-state index in [2.05, 4.69) is 41.6 Å². The molecule has 4 heteroatoms. The third-order valence-corrected chi connectivity index (χ3v) is 3.41.